The lowest BCUT2D eigenvalue weighted by atomic mass is 10.0. The summed E-state index contributed by atoms with van der Waals surface area (Å²) in [6, 6.07) is -0.541. The van der Waals surface area contributed by atoms with Crippen LogP contribution in [0.3, 0.4) is 0 Å². The van der Waals surface area contributed by atoms with Gasteiger partial charge in [0, 0.05) is 12.8 Å². The summed E-state index contributed by atoms with van der Waals surface area (Å²) in [5, 5.41) is 23.5. The third-order valence-electron chi connectivity index (χ3n) is 19.3. The molecule has 6 heteroatoms. The lowest BCUT2D eigenvalue weighted by Crippen LogP contribution is -2.45. The van der Waals surface area contributed by atoms with Crippen molar-refractivity contribution in [1.29, 1.82) is 0 Å². The van der Waals surface area contributed by atoms with Gasteiger partial charge in [0.15, 0.2) is 0 Å². The Kier molecular flexibility index (Phi) is 75.8. The zero-order chi connectivity index (χ0) is 62.8. The molecule has 0 aliphatic carbocycles. The molecule has 3 N–H and O–H groups in total. The lowest BCUT2D eigenvalue weighted by Gasteiger charge is -2.22. The van der Waals surface area contributed by atoms with Crippen LogP contribution in [-0.4, -0.2) is 47.4 Å². The smallest absolute Gasteiger partial charge is 0.305 e. The molecule has 0 fully saturated rings. The molecule has 0 aromatic carbocycles. The molecule has 6 nitrogen and oxygen atoms in total. The van der Waals surface area contributed by atoms with Crippen LogP contribution in [0.25, 0.3) is 0 Å². The number of carbonyl (C=O) groups excluding carboxylic acids is 2. The molecular formula is C81H159NO5. The Hall–Kier alpha value is -1.40. The number of aliphatic hydroxyl groups is 2. The van der Waals surface area contributed by atoms with Crippen LogP contribution in [-0.2, 0) is 14.3 Å². The minimum atomic E-state index is -0.664. The van der Waals surface area contributed by atoms with E-state index in [0.717, 1.165) is 38.5 Å². The van der Waals surface area contributed by atoms with Crippen molar-refractivity contribution in [2.45, 2.75) is 482 Å². The van der Waals surface area contributed by atoms with Gasteiger partial charge in [-0.2, -0.15) is 0 Å². The molecule has 0 aromatic heterocycles. The van der Waals surface area contributed by atoms with Crippen LogP contribution >= 0.6 is 0 Å². The van der Waals surface area contributed by atoms with E-state index in [0.29, 0.717) is 25.9 Å². The first-order chi connectivity index (χ1) is 43.0. The Bertz CT molecular complexity index is 1320. The Labute approximate surface area is 546 Å². The first-order valence-corrected chi connectivity index (χ1v) is 40.4. The molecule has 87 heavy (non-hydrogen) atoms. The van der Waals surface area contributed by atoms with E-state index in [9.17, 15) is 19.8 Å². The number of unbranched alkanes of at least 4 members (excludes halogenated alkanes) is 64. The van der Waals surface area contributed by atoms with Crippen molar-refractivity contribution < 1.29 is 24.5 Å². The van der Waals surface area contributed by atoms with Gasteiger partial charge in [0.2, 0.25) is 5.91 Å². The van der Waals surface area contributed by atoms with Gasteiger partial charge in [-0.15, -0.1) is 0 Å². The highest BCUT2D eigenvalue weighted by Crippen LogP contribution is 2.20. The van der Waals surface area contributed by atoms with Gasteiger partial charge in [0.1, 0.15) is 0 Å². The van der Waals surface area contributed by atoms with Crippen LogP contribution in [0.2, 0.25) is 0 Å². The average Bonchev–Trinajstić information content (AvgIpc) is 3.58. The van der Waals surface area contributed by atoms with Gasteiger partial charge < -0.3 is 20.3 Å². The number of hydrogen-bond donors (Lipinski definition) is 3. The SMILES string of the molecule is CCCCCCCCCCCCCCCCCCCCCCCCCCC(O)C(CO)NC(=O)CCCCCCCCCCCCCCCCC/C=C\CCCCCCCCCCCCCCOC(=O)CCCCCCCCCCCCCCCCC. The fourth-order valence-electron chi connectivity index (χ4n) is 13.2. The maximum absolute atomic E-state index is 12.6. The quantitative estimate of drug-likeness (QED) is 0.0320. The molecule has 0 saturated heterocycles. The Morgan fingerprint density at radius 2 is 0.540 bits per heavy atom. The Morgan fingerprint density at radius 3 is 0.816 bits per heavy atom. The van der Waals surface area contributed by atoms with Crippen LogP contribution in [0.15, 0.2) is 12.2 Å². The van der Waals surface area contributed by atoms with Gasteiger partial charge >= 0.3 is 5.97 Å². The molecule has 0 aliphatic heterocycles. The van der Waals surface area contributed by atoms with E-state index in [1.54, 1.807) is 0 Å². The fourth-order valence-corrected chi connectivity index (χ4v) is 13.2. The second-order valence-electron chi connectivity index (χ2n) is 28.1. The third kappa shape index (κ3) is 73.5. The van der Waals surface area contributed by atoms with Crippen molar-refractivity contribution in [3.8, 4) is 0 Å². The van der Waals surface area contributed by atoms with Gasteiger partial charge in [-0.05, 0) is 51.4 Å². The molecule has 0 aliphatic rings. The molecule has 2 unspecified atom stereocenters. The number of nitrogens with one attached hydrogen (secondary N) is 1. The highest BCUT2D eigenvalue weighted by molar-refractivity contribution is 5.76. The third-order valence-corrected chi connectivity index (χ3v) is 19.3. The second kappa shape index (κ2) is 77.1. The largest absolute Gasteiger partial charge is 0.466 e. The van der Waals surface area contributed by atoms with Gasteiger partial charge in [-0.1, -0.05) is 418 Å². The van der Waals surface area contributed by atoms with Crippen LogP contribution in [0.5, 0.6) is 0 Å². The van der Waals surface area contributed by atoms with Crippen LogP contribution < -0.4 is 5.32 Å². The van der Waals surface area contributed by atoms with Gasteiger partial charge in [0.05, 0.1) is 25.4 Å². The number of amides is 1. The number of carbonyl (C=O) groups is 2. The molecule has 0 rings (SSSR count). The number of rotatable bonds is 77. The van der Waals surface area contributed by atoms with Crippen molar-refractivity contribution in [1.82, 2.24) is 5.32 Å². The summed E-state index contributed by atoms with van der Waals surface area (Å²) in [7, 11) is 0. The van der Waals surface area contributed by atoms with Gasteiger partial charge in [0.25, 0.3) is 0 Å². The second-order valence-corrected chi connectivity index (χ2v) is 28.1. The minimum absolute atomic E-state index is 0.0220. The first kappa shape index (κ1) is 85.6. The zero-order valence-corrected chi connectivity index (χ0v) is 59.5. The molecule has 0 heterocycles. The van der Waals surface area contributed by atoms with Crippen molar-refractivity contribution in [3.05, 3.63) is 12.2 Å². The van der Waals surface area contributed by atoms with E-state index in [4.69, 9.17) is 4.74 Å². The lowest BCUT2D eigenvalue weighted by molar-refractivity contribution is -0.143. The Morgan fingerprint density at radius 1 is 0.310 bits per heavy atom. The average molecular weight is 1230 g/mol. The summed E-state index contributed by atoms with van der Waals surface area (Å²) in [5.41, 5.74) is 0. The highest BCUT2D eigenvalue weighted by atomic mass is 16.5. The summed E-state index contributed by atoms with van der Waals surface area (Å²) < 4.78 is 5.51. The molecular weight excluding hydrogens is 1070 g/mol. The normalized spacial score (nSPS) is 12.5. The summed E-state index contributed by atoms with van der Waals surface area (Å²) in [4.78, 5) is 24.7. The van der Waals surface area contributed by atoms with E-state index in [-0.39, 0.29) is 18.5 Å². The van der Waals surface area contributed by atoms with Crippen LogP contribution in [0.4, 0.5) is 0 Å². The number of esters is 1. The fraction of sp³-hybridized carbons (Fsp3) is 0.951. The number of ether oxygens (including phenoxy) is 1. The number of allylic oxidation sites excluding steroid dienone is 2. The van der Waals surface area contributed by atoms with Crippen LogP contribution in [0.1, 0.15) is 470 Å². The van der Waals surface area contributed by atoms with E-state index in [2.05, 4.69) is 31.3 Å². The van der Waals surface area contributed by atoms with E-state index in [1.165, 1.54) is 398 Å². The highest BCUT2D eigenvalue weighted by Gasteiger charge is 2.20. The van der Waals surface area contributed by atoms with E-state index >= 15 is 0 Å². The van der Waals surface area contributed by atoms with Crippen molar-refractivity contribution in [2.75, 3.05) is 13.2 Å². The van der Waals surface area contributed by atoms with Crippen molar-refractivity contribution in [3.63, 3.8) is 0 Å². The van der Waals surface area contributed by atoms with Crippen molar-refractivity contribution in [2.24, 2.45) is 0 Å². The molecule has 2 atom stereocenters. The summed E-state index contributed by atoms with van der Waals surface area (Å²) >= 11 is 0. The molecule has 0 bridgehead atoms. The predicted molar refractivity (Wildman–Crippen MR) is 384 cm³/mol. The molecule has 0 spiro atoms. The molecule has 1 amide bonds. The topological polar surface area (TPSA) is 95.9 Å². The molecule has 0 radical (unpaired) electrons. The van der Waals surface area contributed by atoms with Gasteiger partial charge in [-0.25, -0.2) is 0 Å². The van der Waals surface area contributed by atoms with E-state index < -0.39 is 12.1 Å². The Balaban J connectivity index is 3.35. The van der Waals surface area contributed by atoms with Crippen molar-refractivity contribution >= 4 is 11.9 Å². The summed E-state index contributed by atoms with van der Waals surface area (Å²) in [5.74, 6) is -0.00462. The zero-order valence-electron chi connectivity index (χ0n) is 59.5. The first-order valence-electron chi connectivity index (χ1n) is 40.4. The molecule has 518 valence electrons. The molecule has 0 aromatic rings. The number of hydrogen-bond acceptors (Lipinski definition) is 5. The maximum Gasteiger partial charge on any atom is 0.305 e. The summed E-state index contributed by atoms with van der Waals surface area (Å²) in [6.07, 6.45) is 97.4. The predicted octanol–water partition coefficient (Wildman–Crippen LogP) is 26.7. The summed E-state index contributed by atoms with van der Waals surface area (Å²) in [6.45, 7) is 5.02. The number of aliphatic hydroxyl groups excluding tert-OH is 2. The monoisotopic (exact) mass is 1230 g/mol. The minimum Gasteiger partial charge on any atom is -0.466 e. The molecule has 0 saturated carbocycles. The maximum atomic E-state index is 12.6. The standard InChI is InChI=1S/C81H159NO5/c1-3-5-7-9-11-13-15-17-19-20-21-22-23-33-36-39-42-46-49-53-57-61-65-69-73-79(84)78(77-83)82-80(85)74-70-66-62-58-54-50-47-43-40-37-34-31-29-27-25-24-26-28-30-32-35-38-41-44-48-52-56-60-64-68-72-76-87-81(86)75-71-67-63-59-55-51-45-18-16-14-12-10-8-6-4-2/h26,28,78-79,83-84H,3-25,27,29-77H2,1-2H3,(H,82,85)/b28-26-. The van der Waals surface area contributed by atoms with Crippen LogP contribution in [0, 0.1) is 0 Å². The van der Waals surface area contributed by atoms with E-state index in [1.807, 2.05) is 0 Å². The van der Waals surface area contributed by atoms with Gasteiger partial charge in [-0.3, -0.25) is 9.59 Å².